The van der Waals surface area contributed by atoms with Crippen molar-refractivity contribution in [3.8, 4) is 5.75 Å². The molecule has 0 aliphatic rings. The molecule has 1 aromatic heterocycles. The van der Waals surface area contributed by atoms with Crippen LogP contribution in [0.2, 0.25) is 5.02 Å². The van der Waals surface area contributed by atoms with Crippen molar-refractivity contribution in [2.45, 2.75) is 20.1 Å². The van der Waals surface area contributed by atoms with Crippen LogP contribution >= 0.6 is 11.6 Å². The Balaban J connectivity index is 2.09. The van der Waals surface area contributed by atoms with E-state index in [2.05, 4.69) is 10.3 Å². The summed E-state index contributed by atoms with van der Waals surface area (Å²) in [6.45, 7) is 3.22. The second-order valence-electron chi connectivity index (χ2n) is 4.38. The van der Waals surface area contributed by atoms with Crippen molar-refractivity contribution in [3.63, 3.8) is 0 Å². The van der Waals surface area contributed by atoms with Gasteiger partial charge in [-0.2, -0.15) is 0 Å². The number of hydrogen-bond acceptors (Lipinski definition) is 3. The van der Waals surface area contributed by atoms with E-state index in [9.17, 15) is 0 Å². The molecule has 0 saturated carbocycles. The molecule has 1 heterocycles. The van der Waals surface area contributed by atoms with Gasteiger partial charge in [0, 0.05) is 35.1 Å². The number of aromatic nitrogens is 1. The van der Waals surface area contributed by atoms with E-state index in [-0.39, 0.29) is 0 Å². The quantitative estimate of drug-likeness (QED) is 0.909. The Morgan fingerprint density at radius 3 is 2.68 bits per heavy atom. The third-order valence-electron chi connectivity index (χ3n) is 2.76. The van der Waals surface area contributed by atoms with E-state index in [0.717, 1.165) is 34.1 Å². The van der Waals surface area contributed by atoms with Crippen LogP contribution < -0.4 is 10.1 Å². The molecule has 0 saturated heterocycles. The molecule has 0 aliphatic carbocycles. The molecule has 1 aromatic carbocycles. The molecule has 0 amide bonds. The molecule has 2 rings (SSSR count). The van der Waals surface area contributed by atoms with E-state index in [0.29, 0.717) is 6.61 Å². The van der Waals surface area contributed by atoms with Gasteiger partial charge in [-0.05, 0) is 31.7 Å². The zero-order valence-corrected chi connectivity index (χ0v) is 11.9. The number of pyridine rings is 1. The maximum Gasteiger partial charge on any atom is 0.127 e. The molecule has 0 spiro atoms. The molecule has 2 aromatic rings. The fourth-order valence-corrected chi connectivity index (χ4v) is 1.89. The van der Waals surface area contributed by atoms with Gasteiger partial charge in [0.2, 0.25) is 0 Å². The van der Waals surface area contributed by atoms with E-state index in [1.807, 2.05) is 50.5 Å². The van der Waals surface area contributed by atoms with Crippen LogP contribution in [0.25, 0.3) is 0 Å². The van der Waals surface area contributed by atoms with Gasteiger partial charge >= 0.3 is 0 Å². The van der Waals surface area contributed by atoms with Crippen molar-refractivity contribution in [3.05, 3.63) is 58.4 Å². The van der Waals surface area contributed by atoms with Gasteiger partial charge in [-0.3, -0.25) is 4.98 Å². The fraction of sp³-hybridized carbons (Fsp3) is 0.267. The van der Waals surface area contributed by atoms with Crippen LogP contribution in [0.15, 0.2) is 36.5 Å². The van der Waals surface area contributed by atoms with Crippen LogP contribution in [0.4, 0.5) is 0 Å². The average molecular weight is 277 g/mol. The molecule has 19 heavy (non-hydrogen) atoms. The monoisotopic (exact) mass is 276 g/mol. The Hall–Kier alpha value is -1.58. The Labute approximate surface area is 118 Å². The Morgan fingerprint density at radius 1 is 1.26 bits per heavy atom. The summed E-state index contributed by atoms with van der Waals surface area (Å²) >= 11 is 5.86. The van der Waals surface area contributed by atoms with Crippen molar-refractivity contribution in [1.82, 2.24) is 10.3 Å². The number of benzene rings is 1. The maximum atomic E-state index is 5.87. The highest BCUT2D eigenvalue weighted by atomic mass is 35.5. The minimum absolute atomic E-state index is 0.525. The number of rotatable bonds is 5. The lowest BCUT2D eigenvalue weighted by atomic mass is 10.2. The number of halogens is 1. The van der Waals surface area contributed by atoms with Crippen LogP contribution in [0, 0.1) is 6.92 Å². The summed E-state index contributed by atoms with van der Waals surface area (Å²) in [6.07, 6.45) is 1.85. The normalized spacial score (nSPS) is 10.5. The largest absolute Gasteiger partial charge is 0.488 e. The van der Waals surface area contributed by atoms with Crippen LogP contribution in [0.1, 0.15) is 16.8 Å². The summed E-state index contributed by atoms with van der Waals surface area (Å²) in [7, 11) is 1.91. The number of nitrogens with zero attached hydrogens (tertiary/aromatic N) is 1. The summed E-state index contributed by atoms with van der Waals surface area (Å²) in [5.41, 5.74) is 3.10. The van der Waals surface area contributed by atoms with Crippen molar-refractivity contribution in [2.75, 3.05) is 7.05 Å². The standard InChI is InChI=1S/C15H17ClN2O/c1-11-7-15(13(8-17-2)9-18-11)19-10-12-3-5-14(16)6-4-12/h3-7,9,17H,8,10H2,1-2H3. The fourth-order valence-electron chi connectivity index (χ4n) is 1.76. The van der Waals surface area contributed by atoms with Gasteiger partial charge in [0.05, 0.1) is 0 Å². The first kappa shape index (κ1) is 13.8. The lowest BCUT2D eigenvalue weighted by molar-refractivity contribution is 0.301. The maximum absolute atomic E-state index is 5.87. The summed E-state index contributed by atoms with van der Waals surface area (Å²) in [5, 5.41) is 3.85. The van der Waals surface area contributed by atoms with Crippen molar-refractivity contribution >= 4 is 11.6 Å². The number of nitrogens with one attached hydrogen (secondary N) is 1. The predicted octanol–water partition coefficient (Wildman–Crippen LogP) is 3.34. The lowest BCUT2D eigenvalue weighted by Crippen LogP contribution is -2.08. The smallest absolute Gasteiger partial charge is 0.127 e. The molecule has 3 nitrogen and oxygen atoms in total. The molecule has 0 unspecified atom stereocenters. The second-order valence-corrected chi connectivity index (χ2v) is 4.82. The van der Waals surface area contributed by atoms with Crippen LogP contribution in [0.3, 0.4) is 0 Å². The highest BCUT2D eigenvalue weighted by Crippen LogP contribution is 2.20. The zero-order chi connectivity index (χ0) is 13.7. The third kappa shape index (κ3) is 3.94. The van der Waals surface area contributed by atoms with E-state index in [4.69, 9.17) is 16.3 Å². The van der Waals surface area contributed by atoms with Gasteiger partial charge in [0.15, 0.2) is 0 Å². The Bertz CT molecular complexity index is 540. The number of ether oxygens (including phenoxy) is 1. The van der Waals surface area contributed by atoms with Crippen molar-refractivity contribution in [1.29, 1.82) is 0 Å². The molecule has 0 atom stereocenters. The lowest BCUT2D eigenvalue weighted by Gasteiger charge is -2.12. The average Bonchev–Trinajstić information content (AvgIpc) is 2.41. The predicted molar refractivity (Wildman–Crippen MR) is 77.5 cm³/mol. The van der Waals surface area contributed by atoms with Crippen LogP contribution in [-0.2, 0) is 13.2 Å². The summed E-state index contributed by atoms with van der Waals surface area (Å²) in [4.78, 5) is 4.29. The van der Waals surface area contributed by atoms with Crippen molar-refractivity contribution in [2.24, 2.45) is 0 Å². The minimum Gasteiger partial charge on any atom is -0.488 e. The van der Waals surface area contributed by atoms with E-state index < -0.39 is 0 Å². The SMILES string of the molecule is CNCc1cnc(C)cc1OCc1ccc(Cl)cc1. The molecule has 100 valence electrons. The van der Waals surface area contributed by atoms with Gasteiger partial charge in [-0.1, -0.05) is 23.7 Å². The first-order chi connectivity index (χ1) is 9.19. The van der Waals surface area contributed by atoms with Crippen LogP contribution in [-0.4, -0.2) is 12.0 Å². The van der Waals surface area contributed by atoms with Gasteiger partial charge in [-0.25, -0.2) is 0 Å². The molecular formula is C15H17ClN2O. The van der Waals surface area contributed by atoms with Crippen LogP contribution in [0.5, 0.6) is 5.75 Å². The second kappa shape index (κ2) is 6.55. The Morgan fingerprint density at radius 2 is 2.00 bits per heavy atom. The summed E-state index contributed by atoms with van der Waals surface area (Å²) < 4.78 is 5.87. The Kier molecular flexibility index (Phi) is 4.77. The van der Waals surface area contributed by atoms with Gasteiger partial charge in [-0.15, -0.1) is 0 Å². The summed E-state index contributed by atoms with van der Waals surface area (Å²) in [5.74, 6) is 0.872. The van der Waals surface area contributed by atoms with Gasteiger partial charge in [0.25, 0.3) is 0 Å². The number of aryl methyl sites for hydroxylation is 1. The van der Waals surface area contributed by atoms with Crippen molar-refractivity contribution < 1.29 is 4.74 Å². The van der Waals surface area contributed by atoms with E-state index in [1.165, 1.54) is 0 Å². The molecule has 0 aliphatic heterocycles. The third-order valence-corrected chi connectivity index (χ3v) is 3.01. The van der Waals surface area contributed by atoms with Gasteiger partial charge in [0.1, 0.15) is 12.4 Å². The van der Waals surface area contributed by atoms with E-state index in [1.54, 1.807) is 0 Å². The molecule has 0 fully saturated rings. The molecule has 0 radical (unpaired) electrons. The first-order valence-electron chi connectivity index (χ1n) is 6.16. The summed E-state index contributed by atoms with van der Waals surface area (Å²) in [6, 6.07) is 9.63. The highest BCUT2D eigenvalue weighted by molar-refractivity contribution is 6.30. The topological polar surface area (TPSA) is 34.2 Å². The minimum atomic E-state index is 0.525. The number of hydrogen-bond donors (Lipinski definition) is 1. The molecule has 0 bridgehead atoms. The molecule has 4 heteroatoms. The molecular weight excluding hydrogens is 260 g/mol. The molecule has 1 N–H and O–H groups in total. The van der Waals surface area contributed by atoms with Gasteiger partial charge < -0.3 is 10.1 Å². The first-order valence-corrected chi connectivity index (χ1v) is 6.54. The highest BCUT2D eigenvalue weighted by Gasteiger charge is 2.05. The van der Waals surface area contributed by atoms with E-state index >= 15 is 0 Å². The zero-order valence-electron chi connectivity index (χ0n) is 11.1.